The molecule has 14 heteroatoms. The van der Waals surface area contributed by atoms with Crippen LogP contribution in [0, 0.1) is 0 Å². The lowest BCUT2D eigenvalue weighted by Gasteiger charge is -2.23. The topological polar surface area (TPSA) is 158 Å². The fourth-order valence-electron chi connectivity index (χ4n) is 3.33. The number of carboxylic acids is 1. The van der Waals surface area contributed by atoms with Crippen molar-refractivity contribution in [1.82, 2.24) is 4.90 Å². The highest BCUT2D eigenvalue weighted by atomic mass is 16.6. The maximum Gasteiger partial charge on any atom is 0.337 e. The van der Waals surface area contributed by atoms with Gasteiger partial charge in [-0.3, -0.25) is 4.79 Å². The summed E-state index contributed by atoms with van der Waals surface area (Å²) >= 11 is 0. The van der Waals surface area contributed by atoms with Crippen LogP contribution >= 0.6 is 0 Å². The van der Waals surface area contributed by atoms with Gasteiger partial charge in [0.15, 0.2) is 0 Å². The van der Waals surface area contributed by atoms with Crippen LogP contribution in [0.15, 0.2) is 18.2 Å². The second kappa shape index (κ2) is 24.9. The number of methoxy groups -OCH3 is 3. The summed E-state index contributed by atoms with van der Waals surface area (Å²) in [4.78, 5) is 38.5. The average Bonchev–Trinajstić information content (AvgIpc) is 3.00. The van der Waals surface area contributed by atoms with Gasteiger partial charge in [0.05, 0.1) is 111 Å². The first-order chi connectivity index (χ1) is 20.4. The van der Waals surface area contributed by atoms with E-state index in [0.717, 1.165) is 6.07 Å². The third-order valence-electron chi connectivity index (χ3n) is 5.50. The number of aromatic carboxylic acids is 1. The molecule has 0 aromatic heterocycles. The zero-order valence-electron chi connectivity index (χ0n) is 24.8. The van der Waals surface area contributed by atoms with E-state index in [1.807, 2.05) is 0 Å². The maximum atomic E-state index is 13.4. The number of hydrogen-bond donors (Lipinski definition) is 1. The normalized spacial score (nSPS) is 11.0. The van der Waals surface area contributed by atoms with Crippen molar-refractivity contribution in [3.05, 3.63) is 34.9 Å². The first-order valence-corrected chi connectivity index (χ1v) is 13.6. The first-order valence-electron chi connectivity index (χ1n) is 13.6. The van der Waals surface area contributed by atoms with E-state index in [9.17, 15) is 19.5 Å². The Morgan fingerprint density at radius 1 is 0.548 bits per heavy atom. The number of carbonyl (C=O) groups is 3. The smallest absolute Gasteiger partial charge is 0.337 e. The fourth-order valence-corrected chi connectivity index (χ4v) is 3.33. The summed E-state index contributed by atoms with van der Waals surface area (Å²) in [5.74, 6) is -2.51. The Morgan fingerprint density at radius 3 is 1.29 bits per heavy atom. The number of benzene rings is 1. The summed E-state index contributed by atoms with van der Waals surface area (Å²) in [6.07, 6.45) is 0. The van der Waals surface area contributed by atoms with Crippen LogP contribution in [0.1, 0.15) is 31.1 Å². The minimum Gasteiger partial charge on any atom is -0.478 e. The van der Waals surface area contributed by atoms with Crippen molar-refractivity contribution in [3.63, 3.8) is 0 Å². The van der Waals surface area contributed by atoms with E-state index in [1.165, 1.54) is 24.1 Å². The summed E-state index contributed by atoms with van der Waals surface area (Å²) in [5, 5.41) is 9.47. The standard InChI is InChI=1S/C28H45NO13/c1-34-8-10-39-16-18-41-14-12-37-6-4-29(5-7-38-13-15-42-19-17-40-11-9-35-2)26(30)23-20-24(27(31)32)22-25(21-23)28(33)36-3/h20-22H,4-19H2,1-3H3,(H,31,32). The lowest BCUT2D eigenvalue weighted by molar-refractivity contribution is -0.00408. The Morgan fingerprint density at radius 2 is 0.905 bits per heavy atom. The molecule has 0 unspecified atom stereocenters. The van der Waals surface area contributed by atoms with Crippen molar-refractivity contribution in [2.45, 2.75) is 0 Å². The Labute approximate surface area is 247 Å². The molecule has 42 heavy (non-hydrogen) atoms. The molecule has 1 N–H and O–H groups in total. The molecule has 0 bridgehead atoms. The Balaban J connectivity index is 2.61. The molecule has 0 radical (unpaired) electrons. The van der Waals surface area contributed by atoms with Gasteiger partial charge in [-0.25, -0.2) is 9.59 Å². The molecule has 0 aliphatic rings. The molecule has 1 aromatic rings. The lowest BCUT2D eigenvalue weighted by atomic mass is 10.0. The van der Waals surface area contributed by atoms with Gasteiger partial charge in [-0.05, 0) is 18.2 Å². The van der Waals surface area contributed by atoms with E-state index in [2.05, 4.69) is 0 Å². The lowest BCUT2D eigenvalue weighted by Crippen LogP contribution is -2.37. The number of hydrogen-bond acceptors (Lipinski definition) is 12. The monoisotopic (exact) mass is 603 g/mol. The molecule has 0 saturated heterocycles. The van der Waals surface area contributed by atoms with E-state index in [1.54, 1.807) is 14.2 Å². The zero-order chi connectivity index (χ0) is 30.8. The Kier molecular flexibility index (Phi) is 22.1. The van der Waals surface area contributed by atoms with Gasteiger partial charge in [-0.15, -0.1) is 0 Å². The number of amides is 1. The highest BCUT2D eigenvalue weighted by molar-refractivity contribution is 6.01. The summed E-state index contributed by atoms with van der Waals surface area (Å²) in [5.41, 5.74) is -0.218. The largest absolute Gasteiger partial charge is 0.478 e. The van der Waals surface area contributed by atoms with Crippen molar-refractivity contribution < 1.29 is 62.1 Å². The third-order valence-corrected chi connectivity index (χ3v) is 5.50. The minimum atomic E-state index is -1.28. The van der Waals surface area contributed by atoms with Crippen molar-refractivity contribution in [1.29, 1.82) is 0 Å². The van der Waals surface area contributed by atoms with Gasteiger partial charge in [0.1, 0.15) is 0 Å². The molecule has 1 rings (SSSR count). The predicted molar refractivity (Wildman–Crippen MR) is 149 cm³/mol. The summed E-state index contributed by atoms with van der Waals surface area (Å²) < 4.78 is 47.3. The second-order valence-electron chi connectivity index (χ2n) is 8.55. The van der Waals surface area contributed by atoms with Crippen molar-refractivity contribution >= 4 is 17.8 Å². The molecule has 0 fully saturated rings. The highest BCUT2D eigenvalue weighted by Crippen LogP contribution is 2.14. The quantitative estimate of drug-likeness (QED) is 0.112. The number of esters is 1. The summed E-state index contributed by atoms with van der Waals surface area (Å²) in [6.45, 7) is 5.89. The number of nitrogens with zero attached hydrogens (tertiary/aromatic N) is 1. The second-order valence-corrected chi connectivity index (χ2v) is 8.55. The summed E-state index contributed by atoms with van der Waals surface area (Å²) in [6, 6.07) is 3.68. The van der Waals surface area contributed by atoms with Crippen LogP contribution in [-0.4, -0.2) is 155 Å². The average molecular weight is 604 g/mol. The molecule has 0 aliphatic carbocycles. The van der Waals surface area contributed by atoms with Crippen LogP contribution in [0.4, 0.5) is 0 Å². The van der Waals surface area contributed by atoms with Crippen LogP contribution in [0.2, 0.25) is 0 Å². The van der Waals surface area contributed by atoms with Gasteiger partial charge < -0.3 is 52.6 Å². The van der Waals surface area contributed by atoms with Crippen LogP contribution in [0.25, 0.3) is 0 Å². The molecule has 0 spiro atoms. The molecule has 0 heterocycles. The van der Waals surface area contributed by atoms with E-state index in [4.69, 9.17) is 42.6 Å². The molecular formula is C28H45NO13. The van der Waals surface area contributed by atoms with Crippen LogP contribution in [0.5, 0.6) is 0 Å². The fraction of sp³-hybridized carbons (Fsp3) is 0.679. The van der Waals surface area contributed by atoms with E-state index >= 15 is 0 Å². The van der Waals surface area contributed by atoms with Gasteiger partial charge >= 0.3 is 11.9 Å². The molecule has 0 atom stereocenters. The number of carbonyl (C=O) groups excluding carboxylic acids is 2. The molecule has 240 valence electrons. The molecule has 1 aromatic carbocycles. The van der Waals surface area contributed by atoms with Gasteiger partial charge in [0, 0.05) is 32.9 Å². The van der Waals surface area contributed by atoms with E-state index in [-0.39, 0.29) is 43.0 Å². The molecule has 14 nitrogen and oxygen atoms in total. The van der Waals surface area contributed by atoms with Crippen molar-refractivity contribution in [2.75, 3.05) is 127 Å². The molecule has 0 aliphatic heterocycles. The highest BCUT2D eigenvalue weighted by Gasteiger charge is 2.20. The van der Waals surface area contributed by atoms with Crippen molar-refractivity contribution in [3.8, 4) is 0 Å². The SMILES string of the molecule is COCCOCCOCCOCCN(CCOCCOCCOCCOC)C(=O)c1cc(C(=O)O)cc(C(=O)OC)c1. The predicted octanol–water partition coefficient (Wildman–Crippen LogP) is 1.01. The maximum absolute atomic E-state index is 13.4. The molecular weight excluding hydrogens is 558 g/mol. The van der Waals surface area contributed by atoms with Gasteiger partial charge in [0.2, 0.25) is 0 Å². The first kappa shape index (κ1) is 37.3. The molecule has 1 amide bonds. The van der Waals surface area contributed by atoms with E-state index < -0.39 is 17.8 Å². The summed E-state index contributed by atoms with van der Waals surface area (Å²) in [7, 11) is 4.38. The van der Waals surface area contributed by atoms with Gasteiger partial charge in [0.25, 0.3) is 5.91 Å². The van der Waals surface area contributed by atoms with Gasteiger partial charge in [-0.2, -0.15) is 0 Å². The van der Waals surface area contributed by atoms with Crippen molar-refractivity contribution in [2.24, 2.45) is 0 Å². The van der Waals surface area contributed by atoms with Crippen LogP contribution in [0.3, 0.4) is 0 Å². The number of rotatable bonds is 27. The third kappa shape index (κ3) is 17.3. The Hall–Kier alpha value is -2.69. The van der Waals surface area contributed by atoms with E-state index in [0.29, 0.717) is 79.3 Å². The minimum absolute atomic E-state index is 0.0314. The number of ether oxygens (including phenoxy) is 9. The van der Waals surface area contributed by atoms with Crippen LogP contribution in [-0.2, 0) is 42.6 Å². The Bertz CT molecular complexity index is 857. The van der Waals surface area contributed by atoms with Crippen LogP contribution < -0.4 is 0 Å². The number of carboxylic acid groups (broad SMARTS) is 1. The van der Waals surface area contributed by atoms with Gasteiger partial charge in [-0.1, -0.05) is 0 Å². The zero-order valence-corrected chi connectivity index (χ0v) is 24.8. The molecule has 0 saturated carbocycles.